The van der Waals surface area contributed by atoms with Crippen molar-refractivity contribution in [2.75, 3.05) is 14.1 Å². The lowest BCUT2D eigenvalue weighted by Gasteiger charge is -2.24. The Hall–Kier alpha value is -2.20. The van der Waals surface area contributed by atoms with Crippen LogP contribution in [0.15, 0.2) is 36.4 Å². The maximum Gasteiger partial charge on any atom is 0.242 e. The van der Waals surface area contributed by atoms with Crippen molar-refractivity contribution in [1.82, 2.24) is 15.2 Å². The third-order valence-electron chi connectivity index (χ3n) is 3.77. The maximum atomic E-state index is 12.6. The Balaban J connectivity index is 2.11. The molecule has 23 heavy (non-hydrogen) atoms. The lowest BCUT2D eigenvalue weighted by Crippen LogP contribution is -2.36. The summed E-state index contributed by atoms with van der Waals surface area (Å²) in [5, 5.41) is 3.04. The van der Waals surface area contributed by atoms with Crippen molar-refractivity contribution in [3.63, 3.8) is 0 Å². The van der Waals surface area contributed by atoms with Gasteiger partial charge in [-0.05, 0) is 58.1 Å². The molecule has 1 N–H and O–H groups in total. The van der Waals surface area contributed by atoms with E-state index < -0.39 is 0 Å². The number of pyridine rings is 1. The largest absolute Gasteiger partial charge is 0.350 e. The summed E-state index contributed by atoms with van der Waals surface area (Å²) in [4.78, 5) is 18.9. The van der Waals surface area contributed by atoms with E-state index in [0.717, 1.165) is 22.5 Å². The van der Waals surface area contributed by atoms with Crippen molar-refractivity contribution < 1.29 is 4.79 Å². The number of rotatable bonds is 5. The van der Waals surface area contributed by atoms with E-state index >= 15 is 0 Å². The minimum atomic E-state index is -0.292. The molecule has 0 radical (unpaired) electrons. The molecule has 0 saturated carbocycles. The first-order valence-corrected chi connectivity index (χ1v) is 7.81. The maximum absolute atomic E-state index is 12.6. The van der Waals surface area contributed by atoms with E-state index in [-0.39, 0.29) is 11.9 Å². The van der Waals surface area contributed by atoms with Crippen LogP contribution in [0.3, 0.4) is 0 Å². The number of hydrogen-bond donors (Lipinski definition) is 1. The summed E-state index contributed by atoms with van der Waals surface area (Å²) in [7, 11) is 3.84. The molecular weight excluding hydrogens is 286 g/mol. The number of carbonyl (C=O) groups is 1. The number of amides is 1. The molecule has 122 valence electrons. The summed E-state index contributed by atoms with van der Waals surface area (Å²) in [6, 6.07) is 11.8. The molecule has 2 rings (SSSR count). The fraction of sp³-hybridized carbons (Fsp3) is 0.368. The van der Waals surface area contributed by atoms with Gasteiger partial charge in [-0.2, -0.15) is 0 Å². The zero-order chi connectivity index (χ0) is 17.0. The van der Waals surface area contributed by atoms with Crippen LogP contribution >= 0.6 is 0 Å². The Morgan fingerprint density at radius 1 is 1.09 bits per heavy atom. The molecule has 0 spiro atoms. The van der Waals surface area contributed by atoms with E-state index in [0.29, 0.717) is 6.54 Å². The van der Waals surface area contributed by atoms with Gasteiger partial charge in [-0.15, -0.1) is 0 Å². The van der Waals surface area contributed by atoms with E-state index in [4.69, 9.17) is 0 Å². The SMILES string of the molecule is Cc1ccc([C@H](C(=O)NCc2cc(C)nc(C)c2)N(C)C)cc1. The van der Waals surface area contributed by atoms with Crippen LogP contribution in [-0.2, 0) is 11.3 Å². The topological polar surface area (TPSA) is 45.2 Å². The van der Waals surface area contributed by atoms with Crippen LogP contribution in [0.1, 0.15) is 34.1 Å². The second kappa shape index (κ2) is 7.38. The van der Waals surface area contributed by atoms with Crippen LogP contribution in [0.4, 0.5) is 0 Å². The van der Waals surface area contributed by atoms with Crippen molar-refractivity contribution in [2.45, 2.75) is 33.4 Å². The first-order chi connectivity index (χ1) is 10.9. The number of nitrogens with one attached hydrogen (secondary N) is 1. The van der Waals surface area contributed by atoms with E-state index in [1.54, 1.807) is 0 Å². The van der Waals surface area contributed by atoms with Crippen molar-refractivity contribution in [1.29, 1.82) is 0 Å². The highest BCUT2D eigenvalue weighted by Gasteiger charge is 2.22. The number of aromatic nitrogens is 1. The molecule has 0 bridgehead atoms. The van der Waals surface area contributed by atoms with Gasteiger partial charge in [0.25, 0.3) is 0 Å². The number of carbonyl (C=O) groups excluding carboxylic acids is 1. The van der Waals surface area contributed by atoms with Gasteiger partial charge in [0.05, 0.1) is 0 Å². The van der Waals surface area contributed by atoms with Crippen molar-refractivity contribution in [3.05, 3.63) is 64.5 Å². The molecule has 4 heteroatoms. The third kappa shape index (κ3) is 4.63. The van der Waals surface area contributed by atoms with Crippen LogP contribution in [0.2, 0.25) is 0 Å². The van der Waals surface area contributed by atoms with Gasteiger partial charge in [0.15, 0.2) is 0 Å². The Morgan fingerprint density at radius 3 is 2.17 bits per heavy atom. The van der Waals surface area contributed by atoms with Crippen LogP contribution in [-0.4, -0.2) is 29.9 Å². The molecule has 0 fully saturated rings. The van der Waals surface area contributed by atoms with Gasteiger partial charge >= 0.3 is 0 Å². The fourth-order valence-corrected chi connectivity index (χ4v) is 2.74. The van der Waals surface area contributed by atoms with E-state index in [9.17, 15) is 4.79 Å². The van der Waals surface area contributed by atoms with Crippen LogP contribution in [0.25, 0.3) is 0 Å². The average molecular weight is 311 g/mol. The molecule has 0 saturated heterocycles. The fourth-order valence-electron chi connectivity index (χ4n) is 2.74. The Labute approximate surface area is 138 Å². The summed E-state index contributed by atoms with van der Waals surface area (Å²) in [5.41, 5.74) is 5.20. The highest BCUT2D eigenvalue weighted by Crippen LogP contribution is 2.19. The number of hydrogen-bond acceptors (Lipinski definition) is 3. The molecule has 1 aromatic carbocycles. The minimum absolute atomic E-state index is 0.00553. The van der Waals surface area contributed by atoms with E-state index in [2.05, 4.69) is 10.3 Å². The normalized spacial score (nSPS) is 12.3. The molecule has 0 aliphatic rings. The second-order valence-corrected chi connectivity index (χ2v) is 6.25. The number of benzene rings is 1. The van der Waals surface area contributed by atoms with Crippen molar-refractivity contribution in [3.8, 4) is 0 Å². The molecule has 0 aliphatic carbocycles. The highest BCUT2D eigenvalue weighted by molar-refractivity contribution is 5.83. The van der Waals surface area contributed by atoms with E-state index in [1.807, 2.05) is 76.2 Å². The summed E-state index contributed by atoms with van der Waals surface area (Å²) >= 11 is 0. The van der Waals surface area contributed by atoms with Crippen LogP contribution in [0.5, 0.6) is 0 Å². The lowest BCUT2D eigenvalue weighted by atomic mass is 10.0. The number of likely N-dealkylation sites (N-methyl/N-ethyl adjacent to an activating group) is 1. The van der Waals surface area contributed by atoms with Gasteiger partial charge in [0.1, 0.15) is 6.04 Å². The zero-order valence-electron chi connectivity index (χ0n) is 14.6. The van der Waals surface area contributed by atoms with Gasteiger partial charge in [-0.3, -0.25) is 14.7 Å². The molecule has 1 heterocycles. The smallest absolute Gasteiger partial charge is 0.242 e. The molecule has 0 aliphatic heterocycles. The number of aryl methyl sites for hydroxylation is 3. The van der Waals surface area contributed by atoms with Gasteiger partial charge in [-0.1, -0.05) is 29.8 Å². The van der Waals surface area contributed by atoms with Gasteiger partial charge in [0, 0.05) is 17.9 Å². The van der Waals surface area contributed by atoms with Crippen molar-refractivity contribution >= 4 is 5.91 Å². The Morgan fingerprint density at radius 2 is 1.65 bits per heavy atom. The predicted octanol–water partition coefficient (Wildman–Crippen LogP) is 2.93. The molecule has 1 amide bonds. The van der Waals surface area contributed by atoms with Crippen molar-refractivity contribution in [2.24, 2.45) is 0 Å². The Kier molecular flexibility index (Phi) is 5.50. The molecular formula is C19H25N3O. The molecule has 4 nitrogen and oxygen atoms in total. The second-order valence-electron chi connectivity index (χ2n) is 6.25. The first-order valence-electron chi connectivity index (χ1n) is 7.81. The number of nitrogens with zero attached hydrogens (tertiary/aromatic N) is 2. The Bertz CT molecular complexity index is 657. The van der Waals surface area contributed by atoms with Gasteiger partial charge in [-0.25, -0.2) is 0 Å². The zero-order valence-corrected chi connectivity index (χ0v) is 14.6. The summed E-state index contributed by atoms with van der Waals surface area (Å²) in [6.07, 6.45) is 0. The van der Waals surface area contributed by atoms with Crippen LogP contribution < -0.4 is 5.32 Å². The van der Waals surface area contributed by atoms with E-state index in [1.165, 1.54) is 5.56 Å². The van der Waals surface area contributed by atoms with Gasteiger partial charge < -0.3 is 5.32 Å². The van der Waals surface area contributed by atoms with Gasteiger partial charge in [0.2, 0.25) is 5.91 Å². The summed E-state index contributed by atoms with van der Waals surface area (Å²) in [6.45, 7) is 6.49. The first kappa shape index (κ1) is 17.2. The monoisotopic (exact) mass is 311 g/mol. The molecule has 2 aromatic rings. The standard InChI is InChI=1S/C19H25N3O/c1-13-6-8-17(9-7-13)18(22(4)5)19(23)20-12-16-10-14(2)21-15(3)11-16/h6-11,18H,12H2,1-5H3,(H,20,23)/t18-/m1/s1. The third-order valence-corrected chi connectivity index (χ3v) is 3.77. The highest BCUT2D eigenvalue weighted by atomic mass is 16.2. The quantitative estimate of drug-likeness (QED) is 0.923. The average Bonchev–Trinajstić information content (AvgIpc) is 2.46. The predicted molar refractivity (Wildman–Crippen MR) is 93.2 cm³/mol. The molecule has 1 aromatic heterocycles. The molecule has 0 unspecified atom stereocenters. The lowest BCUT2D eigenvalue weighted by molar-refractivity contribution is -0.125. The molecule has 1 atom stereocenters. The minimum Gasteiger partial charge on any atom is -0.350 e. The summed E-state index contributed by atoms with van der Waals surface area (Å²) < 4.78 is 0. The van der Waals surface area contributed by atoms with Crippen LogP contribution in [0, 0.1) is 20.8 Å². The summed E-state index contributed by atoms with van der Waals surface area (Å²) in [5.74, 6) is 0.00553.